The highest BCUT2D eigenvalue weighted by Crippen LogP contribution is 2.87. The Morgan fingerprint density at radius 2 is 1.64 bits per heavy atom. The molecule has 0 aromatic rings. The number of aliphatic hydroxyl groups is 1. The second-order valence-electron chi connectivity index (χ2n) is 15.0. The third-order valence-corrected chi connectivity index (χ3v) is 14.8. The Balaban J connectivity index is 1.26. The van der Waals surface area contributed by atoms with E-state index in [-0.39, 0.29) is 11.4 Å². The molecule has 1 N–H and O–H groups in total. The Bertz CT molecular complexity index is 802. The lowest BCUT2D eigenvalue weighted by Crippen LogP contribution is -2.53. The first kappa shape index (κ1) is 23.7. The van der Waals surface area contributed by atoms with Gasteiger partial charge in [-0.15, -0.1) is 0 Å². The van der Waals surface area contributed by atoms with Gasteiger partial charge in [-0.1, -0.05) is 27.7 Å². The van der Waals surface area contributed by atoms with Crippen LogP contribution in [0.15, 0.2) is 0 Å². The first-order valence-electron chi connectivity index (χ1n) is 14.3. The van der Waals surface area contributed by atoms with Gasteiger partial charge in [0.1, 0.15) is 0 Å². The summed E-state index contributed by atoms with van der Waals surface area (Å²) in [5, 5.41) is 11.0. The molecule has 11 atom stereocenters. The smallest absolute Gasteiger partial charge is 0.0734 e. The molecule has 5 saturated carbocycles. The van der Waals surface area contributed by atoms with Gasteiger partial charge in [0.15, 0.2) is 0 Å². The number of thioether (sulfide) groups is 1. The van der Waals surface area contributed by atoms with Crippen molar-refractivity contribution >= 4 is 11.8 Å². The molecular weight excluding hydrogens is 424 g/mol. The lowest BCUT2D eigenvalue weighted by Gasteiger charge is -2.59. The van der Waals surface area contributed by atoms with Gasteiger partial charge in [-0.3, -0.25) is 0 Å². The van der Waals surface area contributed by atoms with Crippen LogP contribution in [0.1, 0.15) is 106 Å². The monoisotopic (exact) mass is 474 g/mol. The van der Waals surface area contributed by atoms with Crippen molar-refractivity contribution in [1.29, 1.82) is 0 Å². The topological polar surface area (TPSA) is 29.5 Å². The molecule has 0 radical (unpaired) electrons. The van der Waals surface area contributed by atoms with E-state index in [1.807, 2.05) is 13.8 Å². The van der Waals surface area contributed by atoms with Crippen LogP contribution in [0, 0.1) is 51.2 Å². The van der Waals surface area contributed by atoms with Crippen molar-refractivity contribution in [1.82, 2.24) is 0 Å². The molecule has 1 heterocycles. The summed E-state index contributed by atoms with van der Waals surface area (Å²) in [4.78, 5) is 0. The lowest BCUT2D eigenvalue weighted by molar-refractivity contribution is -0.122. The summed E-state index contributed by atoms with van der Waals surface area (Å²) in [6.45, 7) is 14.4. The van der Waals surface area contributed by atoms with Crippen molar-refractivity contribution in [3.05, 3.63) is 0 Å². The van der Waals surface area contributed by atoms with Gasteiger partial charge in [0, 0.05) is 0 Å². The minimum Gasteiger partial charge on any atom is -0.389 e. The molecule has 2 spiro atoms. The van der Waals surface area contributed by atoms with E-state index in [1.54, 1.807) is 18.2 Å². The van der Waals surface area contributed by atoms with Crippen LogP contribution in [0.4, 0.5) is 0 Å². The zero-order chi connectivity index (χ0) is 23.6. The average Bonchev–Trinajstić information content (AvgIpc) is 3.31. The highest BCUT2D eigenvalue weighted by Gasteiger charge is 2.80. The van der Waals surface area contributed by atoms with Crippen LogP contribution < -0.4 is 0 Å². The minimum absolute atomic E-state index is 0.175. The molecule has 6 fully saturated rings. The molecular formula is C30H50O2S. The molecule has 1 saturated heterocycles. The van der Waals surface area contributed by atoms with Crippen LogP contribution in [0.25, 0.3) is 0 Å². The molecule has 1 aliphatic heterocycles. The largest absolute Gasteiger partial charge is 0.389 e. The van der Waals surface area contributed by atoms with E-state index >= 15 is 0 Å². The van der Waals surface area contributed by atoms with Gasteiger partial charge in [0.05, 0.1) is 23.1 Å². The second-order valence-corrected chi connectivity index (χ2v) is 16.0. The second kappa shape index (κ2) is 7.18. The summed E-state index contributed by atoms with van der Waals surface area (Å²) in [6.07, 6.45) is 17.0. The number of hydrogen-bond donors (Lipinski definition) is 1. The van der Waals surface area contributed by atoms with E-state index < -0.39 is 5.60 Å². The predicted octanol–water partition coefficient (Wildman–Crippen LogP) is 7.33. The predicted molar refractivity (Wildman–Crippen MR) is 138 cm³/mol. The molecule has 0 aromatic carbocycles. The summed E-state index contributed by atoms with van der Waals surface area (Å²) in [5.41, 5.74) is 1.70. The maximum absolute atomic E-state index is 10.8. The van der Waals surface area contributed by atoms with Crippen LogP contribution in [-0.2, 0) is 4.74 Å². The van der Waals surface area contributed by atoms with Crippen molar-refractivity contribution in [3.8, 4) is 0 Å². The maximum atomic E-state index is 10.8. The van der Waals surface area contributed by atoms with E-state index in [9.17, 15) is 5.11 Å². The van der Waals surface area contributed by atoms with Crippen LogP contribution in [0.5, 0.6) is 0 Å². The van der Waals surface area contributed by atoms with E-state index in [0.29, 0.717) is 27.8 Å². The molecule has 188 valence electrons. The number of hydrogen-bond acceptors (Lipinski definition) is 3. The number of rotatable bonds is 3. The van der Waals surface area contributed by atoms with Gasteiger partial charge < -0.3 is 9.84 Å². The van der Waals surface area contributed by atoms with E-state index in [2.05, 4.69) is 34.0 Å². The first-order valence-corrected chi connectivity index (χ1v) is 15.6. The Labute approximate surface area is 207 Å². The van der Waals surface area contributed by atoms with Crippen molar-refractivity contribution in [2.24, 2.45) is 51.2 Å². The van der Waals surface area contributed by atoms with Crippen molar-refractivity contribution in [2.75, 3.05) is 6.26 Å². The Kier molecular flexibility index (Phi) is 5.15. The molecule has 0 bridgehead atoms. The molecule has 5 aliphatic carbocycles. The van der Waals surface area contributed by atoms with Gasteiger partial charge in [0.2, 0.25) is 0 Å². The van der Waals surface area contributed by atoms with Crippen LogP contribution in [0.2, 0.25) is 0 Å². The summed E-state index contributed by atoms with van der Waals surface area (Å²) >= 11 is 1.80. The minimum atomic E-state index is -0.681. The average molecular weight is 475 g/mol. The molecule has 0 amide bonds. The maximum Gasteiger partial charge on any atom is 0.0734 e. The Morgan fingerprint density at radius 3 is 2.33 bits per heavy atom. The van der Waals surface area contributed by atoms with E-state index in [0.717, 1.165) is 36.0 Å². The molecule has 33 heavy (non-hydrogen) atoms. The highest BCUT2D eigenvalue weighted by atomic mass is 32.2. The number of ether oxygens (including phenoxy) is 1. The third kappa shape index (κ3) is 2.94. The van der Waals surface area contributed by atoms with Crippen LogP contribution >= 0.6 is 11.8 Å². The molecule has 2 nitrogen and oxygen atoms in total. The summed E-state index contributed by atoms with van der Waals surface area (Å²) < 4.78 is 6.94. The van der Waals surface area contributed by atoms with E-state index in [4.69, 9.17) is 4.74 Å². The van der Waals surface area contributed by atoms with Crippen molar-refractivity contribution in [2.45, 2.75) is 129 Å². The first-order chi connectivity index (χ1) is 15.4. The summed E-state index contributed by atoms with van der Waals surface area (Å²) in [7, 11) is 0. The van der Waals surface area contributed by atoms with Crippen LogP contribution in [-0.4, -0.2) is 34.4 Å². The van der Waals surface area contributed by atoms with Gasteiger partial charge in [-0.05, 0) is 136 Å². The zero-order valence-corrected chi connectivity index (χ0v) is 23.3. The van der Waals surface area contributed by atoms with E-state index in [1.165, 1.54) is 51.4 Å². The third-order valence-electron chi connectivity index (χ3n) is 13.5. The molecule has 0 aromatic heterocycles. The zero-order valence-electron chi connectivity index (χ0n) is 22.5. The van der Waals surface area contributed by atoms with Gasteiger partial charge in [-0.25, -0.2) is 0 Å². The summed E-state index contributed by atoms with van der Waals surface area (Å²) in [6, 6.07) is 0. The van der Waals surface area contributed by atoms with Crippen LogP contribution in [0.3, 0.4) is 0 Å². The van der Waals surface area contributed by atoms with Crippen molar-refractivity contribution < 1.29 is 9.84 Å². The summed E-state index contributed by atoms with van der Waals surface area (Å²) in [5.74, 6) is 4.42. The molecule has 6 rings (SSSR count). The standard InChI is InChI=1S/C30H50O2S/c1-18-12-13-30-17-29(30)15-14-28(6)20-8-10-22(25(33-7)27(4,5)31)32-23(20)16-21(28)19(29)9-11-24(30)26(18,2)3/h18-25,31H,8-17H2,1-7H3/t18-,19?,20?,21?,22?,23?,24?,25-,28+,29?,30+/m0/s1. The molecule has 3 heteroatoms. The molecule has 7 unspecified atom stereocenters. The SMILES string of the molecule is CS[C@@H](C1CCC2C(CC3C4CCC5C(C)(C)[C@@H](C)CC[C@@]56CC46CC[C@]23C)O1)C(C)(C)O. The highest BCUT2D eigenvalue weighted by molar-refractivity contribution is 7.99. The normalized spacial score (nSPS) is 55.5. The Morgan fingerprint density at radius 1 is 0.909 bits per heavy atom. The quantitative estimate of drug-likeness (QED) is 0.464. The fourth-order valence-corrected chi connectivity index (χ4v) is 12.7. The van der Waals surface area contributed by atoms with Gasteiger partial charge in [-0.2, -0.15) is 11.8 Å². The van der Waals surface area contributed by atoms with Gasteiger partial charge in [0.25, 0.3) is 0 Å². The molecule has 6 aliphatic rings. The van der Waals surface area contributed by atoms with Gasteiger partial charge >= 0.3 is 0 Å². The fourth-order valence-electron chi connectivity index (χ4n) is 11.6. The Hall–Kier alpha value is 0.270. The fraction of sp³-hybridized carbons (Fsp3) is 1.00. The number of fused-ring (bicyclic) bond motifs is 4. The van der Waals surface area contributed by atoms with Crippen molar-refractivity contribution in [3.63, 3.8) is 0 Å². The lowest BCUT2D eigenvalue weighted by atomic mass is 9.45.